The first-order valence-corrected chi connectivity index (χ1v) is 4.94. The minimum atomic E-state index is -4.24. The van der Waals surface area contributed by atoms with Crippen molar-refractivity contribution >= 4 is 17.2 Å². The molecule has 0 spiro atoms. The summed E-state index contributed by atoms with van der Waals surface area (Å²) in [5.41, 5.74) is 5.22. The first-order chi connectivity index (χ1) is 6.85. The van der Waals surface area contributed by atoms with Gasteiger partial charge in [-0.05, 0) is 19.4 Å². The first-order valence-electron chi connectivity index (χ1n) is 4.53. The van der Waals surface area contributed by atoms with Crippen molar-refractivity contribution in [3.63, 3.8) is 0 Å². The lowest BCUT2D eigenvalue weighted by Gasteiger charge is -2.22. The number of halogens is 3. The molecule has 0 aromatic rings. The monoisotopic (exact) mass is 244 g/mol. The summed E-state index contributed by atoms with van der Waals surface area (Å²) in [6.45, 7) is -1.05. The molecule has 0 aliphatic heterocycles. The van der Waals surface area contributed by atoms with Gasteiger partial charge in [-0.1, -0.05) is 12.2 Å². The Hall–Kier alpha value is -0.400. The molecule has 0 atom stereocenters. The molecule has 0 bridgehead atoms. The van der Waals surface area contributed by atoms with Crippen LogP contribution in [0.5, 0.6) is 0 Å². The van der Waals surface area contributed by atoms with Gasteiger partial charge < -0.3 is 10.8 Å². The van der Waals surface area contributed by atoms with E-state index in [4.69, 9.17) is 10.8 Å². The van der Waals surface area contributed by atoms with Crippen LogP contribution in [0.25, 0.3) is 0 Å². The second-order valence-corrected chi connectivity index (χ2v) is 3.71. The molecule has 0 rings (SSSR count). The molecule has 0 radical (unpaired) electrons. The van der Waals surface area contributed by atoms with Gasteiger partial charge in [-0.3, -0.25) is 4.90 Å². The van der Waals surface area contributed by atoms with Gasteiger partial charge in [-0.15, -0.1) is 0 Å². The molecule has 90 valence electrons. The number of hydrogen-bond donors (Lipinski definition) is 2. The average molecular weight is 244 g/mol. The van der Waals surface area contributed by atoms with Crippen molar-refractivity contribution in [2.24, 2.45) is 5.73 Å². The normalized spacial score (nSPS) is 12.1. The van der Waals surface area contributed by atoms with Gasteiger partial charge in [0.1, 0.15) is 0 Å². The zero-order chi connectivity index (χ0) is 11.9. The van der Waals surface area contributed by atoms with E-state index in [1.807, 2.05) is 0 Å². The van der Waals surface area contributed by atoms with Crippen LogP contribution in [-0.2, 0) is 0 Å². The van der Waals surface area contributed by atoms with Crippen LogP contribution >= 0.6 is 12.2 Å². The molecular formula is C8H15F3N2OS. The van der Waals surface area contributed by atoms with Gasteiger partial charge in [0.05, 0.1) is 18.1 Å². The number of nitrogens with two attached hydrogens (primary N) is 1. The molecule has 0 saturated carbocycles. The molecule has 7 heteroatoms. The Kier molecular flexibility index (Phi) is 6.78. The summed E-state index contributed by atoms with van der Waals surface area (Å²) >= 11 is 4.61. The summed E-state index contributed by atoms with van der Waals surface area (Å²) < 4.78 is 36.1. The Balaban J connectivity index is 3.88. The van der Waals surface area contributed by atoms with E-state index in [0.29, 0.717) is 17.8 Å². The van der Waals surface area contributed by atoms with Gasteiger partial charge in [0.15, 0.2) is 0 Å². The lowest BCUT2D eigenvalue weighted by atomic mass is 10.3. The Morgan fingerprint density at radius 1 is 1.33 bits per heavy atom. The van der Waals surface area contributed by atoms with E-state index in [-0.39, 0.29) is 19.7 Å². The van der Waals surface area contributed by atoms with Crippen LogP contribution in [0.2, 0.25) is 0 Å². The van der Waals surface area contributed by atoms with Crippen molar-refractivity contribution in [1.82, 2.24) is 4.90 Å². The van der Waals surface area contributed by atoms with Crippen LogP contribution in [0.1, 0.15) is 12.8 Å². The summed E-state index contributed by atoms with van der Waals surface area (Å²) in [7, 11) is 0. The highest BCUT2D eigenvalue weighted by atomic mass is 32.1. The Labute approximate surface area is 92.0 Å². The zero-order valence-corrected chi connectivity index (χ0v) is 9.07. The molecule has 0 saturated heterocycles. The molecule has 3 nitrogen and oxygen atoms in total. The topological polar surface area (TPSA) is 49.5 Å². The van der Waals surface area contributed by atoms with E-state index in [2.05, 4.69) is 12.2 Å². The predicted molar refractivity (Wildman–Crippen MR) is 55.6 cm³/mol. The van der Waals surface area contributed by atoms with Crippen LogP contribution in [0.15, 0.2) is 0 Å². The fourth-order valence-electron chi connectivity index (χ4n) is 1.14. The van der Waals surface area contributed by atoms with Crippen molar-refractivity contribution in [3.05, 3.63) is 0 Å². The highest BCUT2D eigenvalue weighted by molar-refractivity contribution is 7.80. The maximum absolute atomic E-state index is 12.0. The molecule has 0 aliphatic rings. The molecule has 0 heterocycles. The van der Waals surface area contributed by atoms with E-state index in [1.54, 1.807) is 0 Å². The number of thiocarbonyl (C=S) groups is 1. The third-order valence-corrected chi connectivity index (χ3v) is 1.92. The fraction of sp³-hybridized carbons (Fsp3) is 0.875. The summed E-state index contributed by atoms with van der Waals surface area (Å²) in [4.78, 5) is 1.43. The summed E-state index contributed by atoms with van der Waals surface area (Å²) in [5.74, 6) is 0. The predicted octanol–water partition coefficient (Wildman–Crippen LogP) is 0.909. The second kappa shape index (κ2) is 6.97. The van der Waals surface area contributed by atoms with Gasteiger partial charge >= 0.3 is 6.18 Å². The standard InChI is InChI=1S/C8H15F3N2OS/c9-8(10,11)6-13(4-5-14)3-1-2-7(12)15/h14H,1-6H2,(H2,12,15). The van der Waals surface area contributed by atoms with Crippen LogP contribution in [-0.4, -0.2) is 47.4 Å². The van der Waals surface area contributed by atoms with Gasteiger partial charge in [0.25, 0.3) is 0 Å². The Bertz CT molecular complexity index is 199. The SMILES string of the molecule is NC(=S)CCCN(CCO)CC(F)(F)F. The summed E-state index contributed by atoms with van der Waals surface area (Å²) in [6, 6.07) is 0. The van der Waals surface area contributed by atoms with Gasteiger partial charge in [-0.2, -0.15) is 13.2 Å². The minimum absolute atomic E-state index is 0.0108. The number of aliphatic hydroxyl groups is 1. The molecule has 0 amide bonds. The Morgan fingerprint density at radius 3 is 2.33 bits per heavy atom. The van der Waals surface area contributed by atoms with Gasteiger partial charge in [-0.25, -0.2) is 0 Å². The minimum Gasteiger partial charge on any atom is -0.395 e. The largest absolute Gasteiger partial charge is 0.401 e. The van der Waals surface area contributed by atoms with E-state index in [9.17, 15) is 13.2 Å². The molecule has 0 aliphatic carbocycles. The van der Waals surface area contributed by atoms with Gasteiger partial charge in [0, 0.05) is 6.54 Å². The second-order valence-electron chi connectivity index (χ2n) is 3.18. The third kappa shape index (κ3) is 9.89. The van der Waals surface area contributed by atoms with Crippen LogP contribution in [0.3, 0.4) is 0 Å². The van der Waals surface area contributed by atoms with Crippen molar-refractivity contribution in [2.45, 2.75) is 19.0 Å². The smallest absolute Gasteiger partial charge is 0.395 e. The third-order valence-electron chi connectivity index (χ3n) is 1.72. The average Bonchev–Trinajstić information content (AvgIpc) is 2.00. The van der Waals surface area contributed by atoms with Crippen molar-refractivity contribution < 1.29 is 18.3 Å². The fourth-order valence-corrected chi connectivity index (χ4v) is 1.29. The number of aliphatic hydroxyl groups excluding tert-OH is 1. The highest BCUT2D eigenvalue weighted by Crippen LogP contribution is 2.16. The number of nitrogens with zero attached hydrogens (tertiary/aromatic N) is 1. The van der Waals surface area contributed by atoms with Crippen LogP contribution < -0.4 is 5.73 Å². The van der Waals surface area contributed by atoms with Crippen molar-refractivity contribution in [1.29, 1.82) is 0 Å². The van der Waals surface area contributed by atoms with Crippen LogP contribution in [0.4, 0.5) is 13.2 Å². The highest BCUT2D eigenvalue weighted by Gasteiger charge is 2.30. The van der Waals surface area contributed by atoms with Crippen molar-refractivity contribution in [3.8, 4) is 0 Å². The summed E-state index contributed by atoms with van der Waals surface area (Å²) in [6.07, 6.45) is -3.33. The zero-order valence-electron chi connectivity index (χ0n) is 8.26. The lowest BCUT2D eigenvalue weighted by Crippen LogP contribution is -2.37. The molecule has 0 fully saturated rings. The number of rotatable bonds is 7. The van der Waals surface area contributed by atoms with Gasteiger partial charge in [0.2, 0.25) is 0 Å². The maximum atomic E-state index is 12.0. The molecule has 0 aromatic heterocycles. The maximum Gasteiger partial charge on any atom is 0.401 e. The Morgan fingerprint density at radius 2 is 1.93 bits per heavy atom. The first kappa shape index (κ1) is 14.6. The summed E-state index contributed by atoms with van der Waals surface area (Å²) in [5, 5.41) is 8.58. The van der Waals surface area contributed by atoms with E-state index >= 15 is 0 Å². The molecule has 3 N–H and O–H groups in total. The molecule has 0 unspecified atom stereocenters. The molecular weight excluding hydrogens is 229 g/mol. The van der Waals surface area contributed by atoms with E-state index in [1.165, 1.54) is 0 Å². The van der Waals surface area contributed by atoms with E-state index < -0.39 is 12.7 Å². The lowest BCUT2D eigenvalue weighted by molar-refractivity contribution is -0.146. The molecule has 0 aromatic carbocycles. The van der Waals surface area contributed by atoms with E-state index in [0.717, 1.165) is 4.90 Å². The quantitative estimate of drug-likeness (QED) is 0.654. The number of alkyl halides is 3. The number of hydrogen-bond acceptors (Lipinski definition) is 3. The van der Waals surface area contributed by atoms with Crippen molar-refractivity contribution in [2.75, 3.05) is 26.2 Å². The van der Waals surface area contributed by atoms with Crippen LogP contribution in [0, 0.1) is 0 Å². The molecule has 15 heavy (non-hydrogen) atoms.